The van der Waals surface area contributed by atoms with E-state index in [1.165, 1.54) is 25.3 Å². The van der Waals surface area contributed by atoms with E-state index in [9.17, 15) is 14.4 Å². The Kier molecular flexibility index (Phi) is 13.9. The average Bonchev–Trinajstić information content (AvgIpc) is 2.55. The van der Waals surface area contributed by atoms with E-state index in [0.717, 1.165) is 25.0 Å². The number of carbonyl (C=O) groups is 3. The van der Waals surface area contributed by atoms with Crippen LogP contribution in [0, 0.1) is 0 Å². The van der Waals surface area contributed by atoms with Gasteiger partial charge in [0, 0.05) is 18.2 Å². The van der Waals surface area contributed by atoms with Gasteiger partial charge in [-0.25, -0.2) is 14.4 Å². The molecule has 1 aliphatic rings. The molecule has 6 nitrogen and oxygen atoms in total. The van der Waals surface area contributed by atoms with Crippen molar-refractivity contribution in [3.05, 3.63) is 38.0 Å². The number of aliphatic carboxylic acids is 1. The second kappa shape index (κ2) is 14.0. The molecular weight excluding hydrogens is 324 g/mol. The first-order valence-corrected chi connectivity index (χ1v) is 8.09. The molecule has 0 aromatic rings. The summed E-state index contributed by atoms with van der Waals surface area (Å²) in [5.74, 6) is -1.63. The molecule has 1 saturated carbocycles. The predicted molar refractivity (Wildman–Crippen MR) is 97.0 cm³/mol. The Labute approximate surface area is 150 Å². The molecule has 1 fully saturated rings. The standard InChI is InChI=1S/C9H14O2.C7H12O2.C3H4O2/c1-2-9(10)11-8-6-4-3-5-7-8;1-5-6(8)9-7(2,3)4;1-2-3(4)5/h2,8H,1,3-7H2;5H,1H2,2-4H3;2H,1H2,(H,4,5). The van der Waals surface area contributed by atoms with Crippen molar-refractivity contribution in [1.82, 2.24) is 0 Å². The first kappa shape index (κ1) is 24.9. The van der Waals surface area contributed by atoms with Crippen LogP contribution in [0.5, 0.6) is 0 Å². The number of rotatable bonds is 4. The van der Waals surface area contributed by atoms with Crippen molar-refractivity contribution in [3.8, 4) is 0 Å². The zero-order valence-electron chi connectivity index (χ0n) is 15.5. The Hall–Kier alpha value is -2.37. The number of esters is 2. The van der Waals surface area contributed by atoms with Crippen LogP contribution >= 0.6 is 0 Å². The van der Waals surface area contributed by atoms with E-state index in [-0.39, 0.29) is 18.0 Å². The van der Waals surface area contributed by atoms with Gasteiger partial charge >= 0.3 is 17.9 Å². The minimum absolute atomic E-state index is 0.161. The van der Waals surface area contributed by atoms with Gasteiger partial charge < -0.3 is 14.6 Å². The van der Waals surface area contributed by atoms with E-state index in [1.54, 1.807) is 0 Å². The van der Waals surface area contributed by atoms with Gasteiger partial charge in [-0.2, -0.15) is 0 Å². The van der Waals surface area contributed by atoms with Crippen LogP contribution in [0.3, 0.4) is 0 Å². The maximum atomic E-state index is 10.7. The van der Waals surface area contributed by atoms with E-state index in [1.807, 2.05) is 20.8 Å². The Morgan fingerprint density at radius 3 is 1.64 bits per heavy atom. The molecular formula is C19H30O6. The average molecular weight is 354 g/mol. The molecule has 0 amide bonds. The topological polar surface area (TPSA) is 89.9 Å². The number of carbonyl (C=O) groups excluding carboxylic acids is 2. The quantitative estimate of drug-likeness (QED) is 0.610. The smallest absolute Gasteiger partial charge is 0.330 e. The number of ether oxygens (including phenoxy) is 2. The number of carboxylic acids is 1. The van der Waals surface area contributed by atoms with Crippen molar-refractivity contribution in [3.63, 3.8) is 0 Å². The lowest BCUT2D eigenvalue weighted by atomic mass is 9.98. The second-order valence-corrected chi connectivity index (χ2v) is 6.18. The monoisotopic (exact) mass is 354 g/mol. The zero-order valence-corrected chi connectivity index (χ0v) is 15.5. The first-order valence-electron chi connectivity index (χ1n) is 8.09. The number of hydrogen-bond donors (Lipinski definition) is 1. The minimum atomic E-state index is -0.981. The van der Waals surface area contributed by atoms with Crippen molar-refractivity contribution in [2.45, 2.75) is 64.6 Å². The predicted octanol–water partition coefficient (Wildman–Crippen LogP) is 3.82. The highest BCUT2D eigenvalue weighted by molar-refractivity contribution is 5.81. The molecule has 0 aromatic heterocycles. The molecule has 0 atom stereocenters. The largest absolute Gasteiger partial charge is 0.478 e. The second-order valence-electron chi connectivity index (χ2n) is 6.18. The molecule has 0 bridgehead atoms. The van der Waals surface area contributed by atoms with E-state index in [4.69, 9.17) is 14.6 Å². The van der Waals surface area contributed by atoms with Crippen molar-refractivity contribution in [2.24, 2.45) is 0 Å². The first-order chi connectivity index (χ1) is 11.6. The van der Waals surface area contributed by atoms with Crippen LogP contribution in [-0.4, -0.2) is 34.7 Å². The normalized spacial score (nSPS) is 13.6. The fourth-order valence-electron chi connectivity index (χ4n) is 1.74. The Bertz CT molecular complexity index is 453. The van der Waals surface area contributed by atoms with E-state index in [2.05, 4.69) is 19.7 Å². The molecule has 25 heavy (non-hydrogen) atoms. The summed E-state index contributed by atoms with van der Waals surface area (Å²) in [6, 6.07) is 0. The molecule has 6 heteroatoms. The van der Waals surface area contributed by atoms with Crippen LogP contribution in [0.25, 0.3) is 0 Å². The molecule has 0 radical (unpaired) electrons. The van der Waals surface area contributed by atoms with Crippen molar-refractivity contribution >= 4 is 17.9 Å². The van der Waals surface area contributed by atoms with Crippen molar-refractivity contribution in [2.75, 3.05) is 0 Å². The number of hydrogen-bond acceptors (Lipinski definition) is 5. The van der Waals surface area contributed by atoms with Crippen LogP contribution in [0.2, 0.25) is 0 Å². The fraction of sp³-hybridized carbons (Fsp3) is 0.526. The van der Waals surface area contributed by atoms with Gasteiger partial charge in [-0.3, -0.25) is 0 Å². The molecule has 0 aromatic carbocycles. The van der Waals surface area contributed by atoms with Crippen LogP contribution in [-0.2, 0) is 23.9 Å². The highest BCUT2D eigenvalue weighted by Crippen LogP contribution is 2.20. The summed E-state index contributed by atoms with van der Waals surface area (Å²) in [5.41, 5.74) is -0.398. The summed E-state index contributed by atoms with van der Waals surface area (Å²) in [7, 11) is 0. The van der Waals surface area contributed by atoms with Gasteiger partial charge in [-0.15, -0.1) is 0 Å². The van der Waals surface area contributed by atoms with E-state index < -0.39 is 11.6 Å². The van der Waals surface area contributed by atoms with Gasteiger partial charge in [0.2, 0.25) is 0 Å². The van der Waals surface area contributed by atoms with E-state index >= 15 is 0 Å². The van der Waals surface area contributed by atoms with E-state index in [0.29, 0.717) is 0 Å². The zero-order chi connectivity index (χ0) is 19.9. The maximum absolute atomic E-state index is 10.7. The molecule has 0 unspecified atom stereocenters. The Morgan fingerprint density at radius 1 is 0.920 bits per heavy atom. The van der Waals surface area contributed by atoms with Crippen molar-refractivity contribution < 1.29 is 29.0 Å². The van der Waals surface area contributed by atoms with Crippen molar-refractivity contribution in [1.29, 1.82) is 0 Å². The highest BCUT2D eigenvalue weighted by atomic mass is 16.6. The molecule has 0 spiro atoms. The SMILES string of the molecule is C=CC(=O)O.C=CC(=O)OC(C)(C)C.C=CC(=O)OC1CCCCC1. The third kappa shape index (κ3) is 19.6. The lowest BCUT2D eigenvalue weighted by Crippen LogP contribution is -2.22. The van der Waals surface area contributed by atoms with Gasteiger partial charge in [-0.1, -0.05) is 26.2 Å². The van der Waals surface area contributed by atoms with Gasteiger partial charge in [0.25, 0.3) is 0 Å². The summed E-state index contributed by atoms with van der Waals surface area (Å²) in [4.78, 5) is 30.5. The Morgan fingerprint density at radius 2 is 1.36 bits per heavy atom. The molecule has 1 N–H and O–H groups in total. The minimum Gasteiger partial charge on any atom is -0.478 e. The van der Waals surface area contributed by atoms with Crippen LogP contribution in [0.1, 0.15) is 52.9 Å². The molecule has 142 valence electrons. The van der Waals surface area contributed by atoms with Gasteiger partial charge in [0.05, 0.1) is 0 Å². The molecule has 1 rings (SSSR count). The summed E-state index contributed by atoms with van der Waals surface area (Å²) >= 11 is 0. The molecule has 0 heterocycles. The lowest BCUT2D eigenvalue weighted by molar-refractivity contribution is -0.148. The third-order valence-corrected chi connectivity index (χ3v) is 2.75. The maximum Gasteiger partial charge on any atom is 0.330 e. The Balaban J connectivity index is 0. The number of carboxylic acid groups (broad SMARTS) is 1. The summed E-state index contributed by atoms with van der Waals surface area (Å²) in [6.45, 7) is 15.0. The summed E-state index contributed by atoms with van der Waals surface area (Å²) < 4.78 is 9.91. The third-order valence-electron chi connectivity index (χ3n) is 2.75. The van der Waals surface area contributed by atoms with Crippen LogP contribution in [0.15, 0.2) is 38.0 Å². The molecule has 0 aliphatic heterocycles. The van der Waals surface area contributed by atoms with Gasteiger partial charge in [-0.05, 0) is 46.5 Å². The lowest BCUT2D eigenvalue weighted by Gasteiger charge is -2.20. The summed E-state index contributed by atoms with van der Waals surface area (Å²) in [5, 5.41) is 7.60. The molecule has 0 saturated heterocycles. The van der Waals surface area contributed by atoms with Gasteiger partial charge in [0.15, 0.2) is 0 Å². The van der Waals surface area contributed by atoms with Gasteiger partial charge in [0.1, 0.15) is 11.7 Å². The summed E-state index contributed by atoms with van der Waals surface area (Å²) in [6.07, 6.45) is 9.10. The molecule has 1 aliphatic carbocycles. The van der Waals surface area contributed by atoms with Crippen LogP contribution < -0.4 is 0 Å². The fourth-order valence-corrected chi connectivity index (χ4v) is 1.74. The van der Waals surface area contributed by atoms with Crippen LogP contribution in [0.4, 0.5) is 0 Å². The highest BCUT2D eigenvalue weighted by Gasteiger charge is 2.15.